The van der Waals surface area contributed by atoms with Gasteiger partial charge in [0.1, 0.15) is 11.6 Å². The third kappa shape index (κ3) is 5.29. The smallest absolute Gasteiger partial charge is 0.323 e. The highest BCUT2D eigenvalue weighted by Gasteiger charge is 2.18. The molecule has 1 saturated heterocycles. The number of carbonyl (C=O) groups excluding carboxylic acids is 1. The van der Waals surface area contributed by atoms with Gasteiger partial charge in [-0.2, -0.15) is 4.39 Å². The summed E-state index contributed by atoms with van der Waals surface area (Å²) in [5.41, 5.74) is 1.28. The number of anilines is 3. The van der Waals surface area contributed by atoms with E-state index in [0.29, 0.717) is 21.7 Å². The van der Waals surface area contributed by atoms with Crippen molar-refractivity contribution in [3.8, 4) is 11.5 Å². The molecule has 0 spiro atoms. The van der Waals surface area contributed by atoms with Crippen molar-refractivity contribution < 1.29 is 18.3 Å². The number of benzene rings is 3. The molecule has 1 aliphatic rings. The topological polar surface area (TPSA) is 91.4 Å². The van der Waals surface area contributed by atoms with E-state index in [4.69, 9.17) is 16.3 Å². The molecule has 11 heteroatoms. The summed E-state index contributed by atoms with van der Waals surface area (Å²) >= 11 is 5.89. The highest BCUT2D eigenvalue weighted by molar-refractivity contribution is 6.30. The molecular formula is C25H21ClF2N6O2. The zero-order valence-electron chi connectivity index (χ0n) is 18.9. The molecule has 8 nitrogen and oxygen atoms in total. The average Bonchev–Trinajstić information content (AvgIpc) is 2.88. The predicted octanol–water partition coefficient (Wildman–Crippen LogP) is 5.41. The lowest BCUT2D eigenvalue weighted by atomic mass is 10.2. The maximum Gasteiger partial charge on any atom is 0.323 e. The highest BCUT2D eigenvalue weighted by atomic mass is 35.5. The predicted molar refractivity (Wildman–Crippen MR) is 135 cm³/mol. The lowest BCUT2D eigenvalue weighted by molar-refractivity contribution is 0.262. The molecule has 3 N–H and O–H groups in total. The molecule has 1 aromatic heterocycles. The maximum atomic E-state index is 14.8. The quantitative estimate of drug-likeness (QED) is 0.333. The third-order valence-electron chi connectivity index (χ3n) is 5.55. The Balaban J connectivity index is 1.31. The number of ether oxygens (including phenoxy) is 1. The van der Waals surface area contributed by atoms with Crippen molar-refractivity contribution in [2.45, 2.75) is 0 Å². The van der Waals surface area contributed by atoms with Crippen LogP contribution in [0.15, 0.2) is 60.8 Å². The fourth-order valence-corrected chi connectivity index (χ4v) is 3.97. The fourth-order valence-electron chi connectivity index (χ4n) is 3.78. The Morgan fingerprint density at radius 3 is 2.64 bits per heavy atom. The largest absolute Gasteiger partial charge is 0.454 e. The van der Waals surface area contributed by atoms with E-state index < -0.39 is 17.7 Å². The van der Waals surface area contributed by atoms with Crippen LogP contribution in [-0.2, 0) is 0 Å². The first-order valence-corrected chi connectivity index (χ1v) is 11.6. The van der Waals surface area contributed by atoms with Gasteiger partial charge in [0.2, 0.25) is 5.82 Å². The number of hydrogen-bond donors (Lipinski definition) is 3. The van der Waals surface area contributed by atoms with E-state index in [-0.39, 0.29) is 17.2 Å². The lowest BCUT2D eigenvalue weighted by Gasteiger charge is -2.28. The van der Waals surface area contributed by atoms with Crippen LogP contribution in [0.25, 0.3) is 11.0 Å². The monoisotopic (exact) mass is 510 g/mol. The van der Waals surface area contributed by atoms with Crippen molar-refractivity contribution in [3.63, 3.8) is 0 Å². The molecule has 0 unspecified atom stereocenters. The van der Waals surface area contributed by atoms with E-state index in [9.17, 15) is 13.6 Å². The van der Waals surface area contributed by atoms with Gasteiger partial charge in [0, 0.05) is 43.0 Å². The number of halogens is 3. The summed E-state index contributed by atoms with van der Waals surface area (Å²) in [5, 5.41) is 8.49. The van der Waals surface area contributed by atoms with E-state index in [2.05, 4.69) is 30.8 Å². The summed E-state index contributed by atoms with van der Waals surface area (Å²) in [5.74, 6) is -1.82. The van der Waals surface area contributed by atoms with Gasteiger partial charge in [-0.15, -0.1) is 0 Å². The second kappa shape index (κ2) is 10.3. The van der Waals surface area contributed by atoms with Gasteiger partial charge in [0.15, 0.2) is 11.6 Å². The highest BCUT2D eigenvalue weighted by Crippen LogP contribution is 2.31. The van der Waals surface area contributed by atoms with Crippen LogP contribution in [0, 0.1) is 11.6 Å². The molecule has 36 heavy (non-hydrogen) atoms. The van der Waals surface area contributed by atoms with Gasteiger partial charge in [-0.05, 0) is 42.5 Å². The number of piperazine rings is 1. The third-order valence-corrected chi connectivity index (χ3v) is 5.78. The van der Waals surface area contributed by atoms with Crippen LogP contribution in [0.3, 0.4) is 0 Å². The number of aromatic nitrogens is 2. The molecule has 0 aliphatic carbocycles. The number of carbonyl (C=O) groups is 1. The van der Waals surface area contributed by atoms with Crippen LogP contribution < -0.4 is 25.6 Å². The Bertz CT molecular complexity index is 1430. The van der Waals surface area contributed by atoms with Crippen LogP contribution in [0.5, 0.6) is 11.5 Å². The first-order valence-electron chi connectivity index (χ1n) is 11.2. The van der Waals surface area contributed by atoms with Crippen LogP contribution in [-0.4, -0.2) is 42.2 Å². The molecule has 1 fully saturated rings. The standard InChI is InChI=1S/C25H21ClF2N6O2/c26-15-2-1-3-16(12-15)31-25(35)33-19-6-7-21(24(28)23(19)27)36-17-4-5-18-20(13-17)32-22(14-30-18)34-10-8-29-9-11-34/h1-7,12-14,29H,8-11H2,(H2,31,33,35). The molecule has 0 radical (unpaired) electrons. The Labute approximate surface area is 210 Å². The average molecular weight is 511 g/mol. The van der Waals surface area contributed by atoms with E-state index in [0.717, 1.165) is 32.0 Å². The summed E-state index contributed by atoms with van der Waals surface area (Å²) in [6.45, 7) is 3.36. The second-order valence-corrected chi connectivity index (χ2v) is 8.48. The first kappa shape index (κ1) is 23.7. The number of amides is 2. The van der Waals surface area contributed by atoms with Gasteiger partial charge in [0.25, 0.3) is 0 Å². The van der Waals surface area contributed by atoms with Crippen molar-refractivity contribution in [2.24, 2.45) is 0 Å². The van der Waals surface area contributed by atoms with Crippen LogP contribution in [0.4, 0.5) is 30.8 Å². The molecule has 0 bridgehead atoms. The molecule has 3 aromatic carbocycles. The van der Waals surface area contributed by atoms with Gasteiger partial charge < -0.3 is 25.6 Å². The Morgan fingerprint density at radius 1 is 1.00 bits per heavy atom. The minimum atomic E-state index is -1.25. The van der Waals surface area contributed by atoms with Gasteiger partial charge >= 0.3 is 6.03 Å². The number of nitrogens with zero attached hydrogens (tertiary/aromatic N) is 3. The molecular weight excluding hydrogens is 490 g/mol. The lowest BCUT2D eigenvalue weighted by Crippen LogP contribution is -2.43. The van der Waals surface area contributed by atoms with Crippen molar-refractivity contribution in [1.29, 1.82) is 0 Å². The zero-order valence-corrected chi connectivity index (χ0v) is 19.6. The maximum absolute atomic E-state index is 14.8. The molecule has 0 saturated carbocycles. The molecule has 4 aromatic rings. The molecule has 1 aliphatic heterocycles. The van der Waals surface area contributed by atoms with E-state index in [1.165, 1.54) is 18.2 Å². The summed E-state index contributed by atoms with van der Waals surface area (Å²) in [7, 11) is 0. The summed E-state index contributed by atoms with van der Waals surface area (Å²) in [4.78, 5) is 23.4. The number of fused-ring (bicyclic) bond motifs is 1. The van der Waals surface area contributed by atoms with Crippen molar-refractivity contribution in [1.82, 2.24) is 15.3 Å². The zero-order chi connectivity index (χ0) is 25.1. The number of nitrogens with one attached hydrogen (secondary N) is 3. The normalized spacial score (nSPS) is 13.5. The van der Waals surface area contributed by atoms with Crippen molar-refractivity contribution in [3.05, 3.63) is 77.5 Å². The van der Waals surface area contributed by atoms with E-state index in [1.54, 1.807) is 42.6 Å². The Hall–Kier alpha value is -4.02. The van der Waals surface area contributed by atoms with E-state index >= 15 is 0 Å². The molecule has 2 amide bonds. The molecule has 0 atom stereocenters. The number of urea groups is 1. The number of hydrogen-bond acceptors (Lipinski definition) is 6. The van der Waals surface area contributed by atoms with Gasteiger partial charge in [-0.3, -0.25) is 4.98 Å². The SMILES string of the molecule is O=C(Nc1cccc(Cl)c1)Nc1ccc(Oc2ccc3ncc(N4CCNCC4)nc3c2)c(F)c1F. The minimum Gasteiger partial charge on any atom is -0.454 e. The van der Waals surface area contributed by atoms with Crippen LogP contribution >= 0.6 is 11.6 Å². The summed E-state index contributed by atoms with van der Waals surface area (Å²) in [6.07, 6.45) is 1.72. The van der Waals surface area contributed by atoms with Gasteiger partial charge in [0.05, 0.1) is 22.9 Å². The van der Waals surface area contributed by atoms with Crippen LogP contribution in [0.1, 0.15) is 0 Å². The fraction of sp³-hybridized carbons (Fsp3) is 0.160. The Kier molecular flexibility index (Phi) is 6.79. The summed E-state index contributed by atoms with van der Waals surface area (Å²) < 4.78 is 35.1. The Morgan fingerprint density at radius 2 is 1.83 bits per heavy atom. The molecule has 5 rings (SSSR count). The second-order valence-electron chi connectivity index (χ2n) is 8.05. The van der Waals surface area contributed by atoms with Gasteiger partial charge in [-0.25, -0.2) is 14.2 Å². The minimum absolute atomic E-state index is 0.270. The molecule has 2 heterocycles. The molecule has 184 valence electrons. The van der Waals surface area contributed by atoms with Crippen molar-refractivity contribution in [2.75, 3.05) is 41.7 Å². The number of rotatable bonds is 5. The van der Waals surface area contributed by atoms with Crippen molar-refractivity contribution >= 4 is 45.9 Å². The van der Waals surface area contributed by atoms with Gasteiger partial charge in [-0.1, -0.05) is 17.7 Å². The summed E-state index contributed by atoms with van der Waals surface area (Å²) in [6, 6.07) is 13.0. The van der Waals surface area contributed by atoms with Crippen LogP contribution in [0.2, 0.25) is 5.02 Å². The first-order chi connectivity index (χ1) is 17.5. The van der Waals surface area contributed by atoms with E-state index in [1.807, 2.05) is 0 Å².